The van der Waals surface area contributed by atoms with E-state index in [-0.39, 0.29) is 0 Å². The molecule has 0 heteroatoms. The molecule has 0 bridgehead atoms. The van der Waals surface area contributed by atoms with Crippen molar-refractivity contribution in [3.63, 3.8) is 0 Å². The van der Waals surface area contributed by atoms with E-state index in [1.807, 2.05) is 0 Å². The van der Waals surface area contributed by atoms with Crippen LogP contribution in [-0.4, -0.2) is 0 Å². The highest BCUT2D eigenvalue weighted by atomic mass is 14.8. The highest BCUT2D eigenvalue weighted by molar-refractivity contribution is 5.26. The smallest absolute Gasteiger partial charge is 0.0178 e. The fraction of sp³-hybridized carbons (Fsp3) is 1.00. The summed E-state index contributed by atoms with van der Waals surface area (Å²) in [5.41, 5.74) is 1.31. The molecule has 0 radical (unpaired) electrons. The van der Waals surface area contributed by atoms with Crippen LogP contribution in [0.5, 0.6) is 0 Å². The second-order valence-electron chi connectivity index (χ2n) is 10.6. The van der Waals surface area contributed by atoms with Gasteiger partial charge in [-0.1, -0.05) is 75.2 Å². The maximum absolute atomic E-state index is 2.53. The number of hydrogen-bond donors (Lipinski definition) is 0. The number of rotatable bonds is 9. The van der Waals surface area contributed by atoms with Gasteiger partial charge in [-0.05, 0) is 71.5 Å². The first-order valence-corrected chi connectivity index (χ1v) is 10.6. The van der Waals surface area contributed by atoms with E-state index in [1.54, 1.807) is 0 Å². The molecular formula is C23H44. The molecule has 2 rings (SSSR count). The predicted molar refractivity (Wildman–Crippen MR) is 103 cm³/mol. The van der Waals surface area contributed by atoms with Crippen molar-refractivity contribution in [2.24, 2.45) is 52.3 Å². The summed E-state index contributed by atoms with van der Waals surface area (Å²) in [6.45, 7) is 22.0. The molecule has 0 aromatic carbocycles. The third-order valence-corrected chi connectivity index (χ3v) is 8.79. The van der Waals surface area contributed by atoms with Crippen molar-refractivity contribution in [2.75, 3.05) is 0 Å². The van der Waals surface area contributed by atoms with Gasteiger partial charge in [-0.25, -0.2) is 0 Å². The van der Waals surface area contributed by atoms with Gasteiger partial charge in [-0.3, -0.25) is 0 Å². The van der Waals surface area contributed by atoms with Crippen LogP contribution in [0.25, 0.3) is 0 Å². The van der Waals surface area contributed by atoms with Crippen LogP contribution in [-0.2, 0) is 0 Å². The zero-order chi connectivity index (χ0) is 17.6. The number of unbranched alkanes of at least 4 members (excludes halogenated alkanes) is 1. The number of hydrogen-bond acceptors (Lipinski definition) is 0. The Labute approximate surface area is 147 Å². The van der Waals surface area contributed by atoms with E-state index < -0.39 is 0 Å². The molecule has 5 atom stereocenters. The molecule has 0 aromatic heterocycles. The summed E-state index contributed by atoms with van der Waals surface area (Å²) in [6, 6.07) is 0. The second-order valence-corrected chi connectivity index (χ2v) is 10.6. The standard InChI is InChI=1S/C23H44/c1-15(2)17(5)14-21-20(23(21)18(6)19(23)7)12-10-11-13-22(8,9)16(3)4/h15-21H,10-14H2,1-9H3. The molecule has 1 spiro atoms. The Bertz CT molecular complexity index is 381. The zero-order valence-electron chi connectivity index (χ0n) is 17.6. The monoisotopic (exact) mass is 320 g/mol. The van der Waals surface area contributed by atoms with Crippen molar-refractivity contribution in [3.8, 4) is 0 Å². The first-order chi connectivity index (χ1) is 10.6. The SMILES string of the molecule is CC(C)C(C)CC1C(CCCCC(C)(C)C(C)C)C12C(C)C2C. The van der Waals surface area contributed by atoms with Crippen molar-refractivity contribution in [3.05, 3.63) is 0 Å². The van der Waals surface area contributed by atoms with Gasteiger partial charge >= 0.3 is 0 Å². The van der Waals surface area contributed by atoms with Crippen molar-refractivity contribution < 1.29 is 0 Å². The average molecular weight is 321 g/mol. The van der Waals surface area contributed by atoms with Crippen LogP contribution in [0.4, 0.5) is 0 Å². The highest BCUT2D eigenvalue weighted by Gasteiger charge is 2.79. The molecular weight excluding hydrogens is 276 g/mol. The topological polar surface area (TPSA) is 0 Å². The van der Waals surface area contributed by atoms with E-state index in [9.17, 15) is 0 Å². The van der Waals surface area contributed by atoms with Crippen molar-refractivity contribution in [1.29, 1.82) is 0 Å². The second kappa shape index (κ2) is 6.72. The van der Waals surface area contributed by atoms with Gasteiger partial charge in [-0.15, -0.1) is 0 Å². The Morgan fingerprint density at radius 1 is 0.870 bits per heavy atom. The Morgan fingerprint density at radius 2 is 1.43 bits per heavy atom. The Hall–Kier alpha value is 0. The third kappa shape index (κ3) is 3.52. The maximum Gasteiger partial charge on any atom is -0.0178 e. The zero-order valence-corrected chi connectivity index (χ0v) is 17.6. The molecule has 0 saturated heterocycles. The molecule has 0 heterocycles. The van der Waals surface area contributed by atoms with Crippen molar-refractivity contribution >= 4 is 0 Å². The molecule has 136 valence electrons. The van der Waals surface area contributed by atoms with Gasteiger partial charge < -0.3 is 0 Å². The molecule has 0 aliphatic heterocycles. The average Bonchev–Trinajstić information content (AvgIpc) is 3.25. The predicted octanol–water partition coefficient (Wildman–Crippen LogP) is 7.43. The van der Waals surface area contributed by atoms with Crippen molar-refractivity contribution in [2.45, 2.75) is 94.4 Å². The minimum Gasteiger partial charge on any atom is -0.0625 e. The van der Waals surface area contributed by atoms with E-state index >= 15 is 0 Å². The lowest BCUT2D eigenvalue weighted by Crippen LogP contribution is -2.18. The summed E-state index contributed by atoms with van der Waals surface area (Å²) in [7, 11) is 0. The molecule has 0 aromatic rings. The molecule has 2 aliphatic rings. The molecule has 2 fully saturated rings. The highest BCUT2D eigenvalue weighted by Crippen LogP contribution is 2.83. The summed E-state index contributed by atoms with van der Waals surface area (Å²) in [5, 5.41) is 0. The lowest BCUT2D eigenvalue weighted by atomic mass is 9.77. The minimum absolute atomic E-state index is 0.521. The van der Waals surface area contributed by atoms with Crippen LogP contribution >= 0.6 is 0 Å². The van der Waals surface area contributed by atoms with Gasteiger partial charge in [0.1, 0.15) is 0 Å². The lowest BCUT2D eigenvalue weighted by Gasteiger charge is -2.29. The van der Waals surface area contributed by atoms with Crippen LogP contribution in [0.15, 0.2) is 0 Å². The molecule has 2 saturated carbocycles. The van der Waals surface area contributed by atoms with Crippen LogP contribution < -0.4 is 0 Å². The molecule has 2 aliphatic carbocycles. The van der Waals surface area contributed by atoms with Crippen LogP contribution in [0.1, 0.15) is 94.4 Å². The molecule has 0 nitrogen and oxygen atoms in total. The Kier molecular flexibility index (Phi) is 5.65. The van der Waals surface area contributed by atoms with Gasteiger partial charge in [0.05, 0.1) is 0 Å². The molecule has 0 amide bonds. The van der Waals surface area contributed by atoms with E-state index in [2.05, 4.69) is 62.3 Å². The largest absolute Gasteiger partial charge is 0.0625 e. The Morgan fingerprint density at radius 3 is 1.87 bits per heavy atom. The summed E-state index contributed by atoms with van der Waals surface area (Å²) in [6.07, 6.45) is 7.32. The summed E-state index contributed by atoms with van der Waals surface area (Å²) < 4.78 is 0. The molecule has 0 N–H and O–H groups in total. The van der Waals surface area contributed by atoms with Crippen LogP contribution in [0.3, 0.4) is 0 Å². The quantitative estimate of drug-likeness (QED) is 0.387. The van der Waals surface area contributed by atoms with Gasteiger partial charge in [0, 0.05) is 0 Å². The first-order valence-electron chi connectivity index (χ1n) is 10.6. The summed E-state index contributed by atoms with van der Waals surface area (Å²) in [5.74, 6) is 6.69. The molecule has 5 unspecified atom stereocenters. The fourth-order valence-corrected chi connectivity index (χ4v) is 5.50. The van der Waals surface area contributed by atoms with Gasteiger partial charge in [-0.2, -0.15) is 0 Å². The maximum atomic E-state index is 2.53. The lowest BCUT2D eigenvalue weighted by molar-refractivity contribution is 0.220. The van der Waals surface area contributed by atoms with E-state index in [0.717, 1.165) is 46.8 Å². The van der Waals surface area contributed by atoms with Gasteiger partial charge in [0.2, 0.25) is 0 Å². The van der Waals surface area contributed by atoms with Gasteiger partial charge in [0.15, 0.2) is 0 Å². The normalized spacial score (nSPS) is 37.7. The van der Waals surface area contributed by atoms with Crippen molar-refractivity contribution in [1.82, 2.24) is 0 Å². The third-order valence-electron chi connectivity index (χ3n) is 8.79. The van der Waals surface area contributed by atoms with E-state index in [0.29, 0.717) is 5.41 Å². The first kappa shape index (κ1) is 19.3. The fourth-order valence-electron chi connectivity index (χ4n) is 5.50. The summed E-state index contributed by atoms with van der Waals surface area (Å²) in [4.78, 5) is 0. The van der Waals surface area contributed by atoms with Crippen LogP contribution in [0.2, 0.25) is 0 Å². The van der Waals surface area contributed by atoms with Gasteiger partial charge in [0.25, 0.3) is 0 Å². The summed E-state index contributed by atoms with van der Waals surface area (Å²) >= 11 is 0. The van der Waals surface area contributed by atoms with E-state index in [1.165, 1.54) is 32.1 Å². The van der Waals surface area contributed by atoms with Crippen LogP contribution in [0, 0.1) is 52.3 Å². The Balaban J connectivity index is 1.80. The minimum atomic E-state index is 0.521. The van der Waals surface area contributed by atoms with E-state index in [4.69, 9.17) is 0 Å². The molecule has 23 heavy (non-hydrogen) atoms.